The second-order valence-electron chi connectivity index (χ2n) is 10.2. The quantitative estimate of drug-likeness (QED) is 0.172. The topological polar surface area (TPSA) is 29.5 Å². The van der Waals surface area contributed by atoms with Crippen LogP contribution in [0.3, 0.4) is 0 Å². The van der Waals surface area contributed by atoms with Crippen LogP contribution in [-0.4, -0.2) is 24.0 Å². The summed E-state index contributed by atoms with van der Waals surface area (Å²) in [6.07, 6.45) is -8.01. The van der Waals surface area contributed by atoms with Crippen molar-refractivity contribution in [3.8, 4) is 11.1 Å². The van der Waals surface area contributed by atoms with Crippen molar-refractivity contribution >= 4 is 5.97 Å². The van der Waals surface area contributed by atoms with Crippen molar-refractivity contribution in [1.29, 1.82) is 0 Å². The van der Waals surface area contributed by atoms with Gasteiger partial charge in [0.15, 0.2) is 0 Å². The minimum Gasteiger partial charge on any atom is -0.466 e. The highest BCUT2D eigenvalue weighted by Crippen LogP contribution is 2.32. The lowest BCUT2D eigenvalue weighted by atomic mass is 9.97. The fourth-order valence-electron chi connectivity index (χ4n) is 4.32. The average molecular weight is 566 g/mol. The van der Waals surface area contributed by atoms with Gasteiger partial charge >= 0.3 is 18.3 Å². The second-order valence-corrected chi connectivity index (χ2v) is 10.2. The number of hydrogen-bond acceptors (Lipinski definition) is 3. The Kier molecular flexibility index (Phi) is 10.4. The number of esters is 1. The van der Waals surface area contributed by atoms with Gasteiger partial charge in [0, 0.05) is 13.1 Å². The van der Waals surface area contributed by atoms with Crippen LogP contribution in [0.2, 0.25) is 0 Å². The molecule has 0 heterocycles. The maximum absolute atomic E-state index is 13.1. The minimum absolute atomic E-state index is 0.000211. The van der Waals surface area contributed by atoms with E-state index in [1.165, 1.54) is 24.3 Å². The van der Waals surface area contributed by atoms with E-state index in [1.807, 2.05) is 12.1 Å². The fourth-order valence-corrected chi connectivity index (χ4v) is 4.32. The van der Waals surface area contributed by atoms with Crippen LogP contribution in [0.25, 0.3) is 11.1 Å². The zero-order valence-electron chi connectivity index (χ0n) is 22.7. The standard InChI is InChI=1S/C31H33F6NO2/c1-4-40-29(39)18-23-15-24(17-26(16-23)25-7-11-28(12-8-25)31(35,36)37)20-38(14-13-21(2)3)19-22-5-9-27(10-6-22)30(32,33)34/h5-12,15-17,21H,4,13-14,18-20H2,1-3H3. The average Bonchev–Trinajstić information content (AvgIpc) is 2.86. The Hall–Kier alpha value is -3.33. The summed E-state index contributed by atoms with van der Waals surface area (Å²) in [4.78, 5) is 14.3. The lowest BCUT2D eigenvalue weighted by Crippen LogP contribution is -2.25. The number of halogens is 6. The molecule has 0 atom stereocenters. The summed E-state index contributed by atoms with van der Waals surface area (Å²) in [7, 11) is 0. The minimum atomic E-state index is -4.45. The predicted octanol–water partition coefficient (Wildman–Crippen LogP) is 8.55. The van der Waals surface area contributed by atoms with Gasteiger partial charge in [-0.2, -0.15) is 26.3 Å². The molecule has 3 nitrogen and oxygen atoms in total. The van der Waals surface area contributed by atoms with E-state index in [4.69, 9.17) is 4.74 Å². The van der Waals surface area contributed by atoms with E-state index in [1.54, 1.807) is 13.0 Å². The van der Waals surface area contributed by atoms with Gasteiger partial charge in [0.25, 0.3) is 0 Å². The first-order valence-electron chi connectivity index (χ1n) is 13.1. The van der Waals surface area contributed by atoms with Gasteiger partial charge < -0.3 is 4.74 Å². The first kappa shape index (κ1) is 31.2. The highest BCUT2D eigenvalue weighted by atomic mass is 19.4. The van der Waals surface area contributed by atoms with Crippen molar-refractivity contribution in [3.63, 3.8) is 0 Å². The molecular formula is C31H33F6NO2. The molecule has 3 rings (SSSR count). The normalized spacial score (nSPS) is 12.3. The van der Waals surface area contributed by atoms with E-state index in [0.717, 1.165) is 41.8 Å². The molecule has 0 bridgehead atoms. The molecule has 0 aliphatic heterocycles. The second kappa shape index (κ2) is 13.4. The summed E-state index contributed by atoms with van der Waals surface area (Å²) in [5, 5.41) is 0. The molecule has 0 fully saturated rings. The Balaban J connectivity index is 1.93. The third-order valence-electron chi connectivity index (χ3n) is 6.37. The molecular weight excluding hydrogens is 532 g/mol. The Morgan fingerprint density at radius 1 is 0.750 bits per heavy atom. The molecule has 0 unspecified atom stereocenters. The smallest absolute Gasteiger partial charge is 0.416 e. The number of hydrogen-bond donors (Lipinski definition) is 0. The van der Waals surface area contributed by atoms with Crippen molar-refractivity contribution in [1.82, 2.24) is 4.90 Å². The zero-order valence-corrected chi connectivity index (χ0v) is 22.7. The predicted molar refractivity (Wildman–Crippen MR) is 142 cm³/mol. The highest BCUT2D eigenvalue weighted by Gasteiger charge is 2.30. The summed E-state index contributed by atoms with van der Waals surface area (Å²) in [6.45, 7) is 7.60. The SMILES string of the molecule is CCOC(=O)Cc1cc(CN(CCC(C)C)Cc2ccc(C(F)(F)F)cc2)cc(-c2ccc(C(F)(F)F)cc2)c1. The number of benzene rings is 3. The molecule has 3 aromatic rings. The van der Waals surface area contributed by atoms with Crippen molar-refractivity contribution in [3.05, 3.63) is 94.5 Å². The van der Waals surface area contributed by atoms with Gasteiger partial charge in [-0.3, -0.25) is 9.69 Å². The van der Waals surface area contributed by atoms with E-state index in [2.05, 4.69) is 18.7 Å². The lowest BCUT2D eigenvalue weighted by Gasteiger charge is -2.24. The third kappa shape index (κ3) is 9.40. The first-order valence-corrected chi connectivity index (χ1v) is 13.1. The van der Waals surface area contributed by atoms with Gasteiger partial charge in [-0.25, -0.2) is 0 Å². The van der Waals surface area contributed by atoms with E-state index in [-0.39, 0.29) is 13.0 Å². The van der Waals surface area contributed by atoms with Crippen molar-refractivity contribution in [2.45, 2.75) is 59.1 Å². The van der Waals surface area contributed by atoms with Crippen LogP contribution >= 0.6 is 0 Å². The number of carbonyl (C=O) groups excluding carboxylic acids is 1. The maximum atomic E-state index is 13.1. The Morgan fingerprint density at radius 3 is 1.80 bits per heavy atom. The van der Waals surface area contributed by atoms with Crippen LogP contribution in [0.1, 0.15) is 55.0 Å². The molecule has 9 heteroatoms. The largest absolute Gasteiger partial charge is 0.466 e. The van der Waals surface area contributed by atoms with Crippen molar-refractivity contribution in [2.75, 3.05) is 13.2 Å². The Morgan fingerprint density at radius 2 is 1.27 bits per heavy atom. The van der Waals surface area contributed by atoms with Crippen LogP contribution in [-0.2, 0) is 41.4 Å². The maximum Gasteiger partial charge on any atom is 0.416 e. The number of alkyl halides is 6. The van der Waals surface area contributed by atoms with E-state index < -0.39 is 29.4 Å². The molecule has 3 aromatic carbocycles. The van der Waals surface area contributed by atoms with Gasteiger partial charge in [0.05, 0.1) is 24.2 Å². The summed E-state index contributed by atoms with van der Waals surface area (Å²) in [5.74, 6) is -0.0209. The molecule has 0 radical (unpaired) electrons. The van der Waals surface area contributed by atoms with Crippen LogP contribution < -0.4 is 0 Å². The Bertz CT molecular complexity index is 1250. The molecule has 0 amide bonds. The molecule has 0 aliphatic carbocycles. The van der Waals surface area contributed by atoms with Crippen LogP contribution in [0, 0.1) is 5.92 Å². The van der Waals surface area contributed by atoms with Gasteiger partial charge in [0.2, 0.25) is 0 Å². The summed E-state index contributed by atoms with van der Waals surface area (Å²) in [5.41, 5.74) is 1.97. The van der Waals surface area contributed by atoms with Gasteiger partial charge in [-0.05, 0) is 84.0 Å². The number of rotatable bonds is 11. The number of ether oxygens (including phenoxy) is 1. The first-order chi connectivity index (χ1) is 18.7. The summed E-state index contributed by atoms with van der Waals surface area (Å²) >= 11 is 0. The molecule has 0 spiro atoms. The van der Waals surface area contributed by atoms with Gasteiger partial charge in [-0.15, -0.1) is 0 Å². The van der Waals surface area contributed by atoms with Gasteiger partial charge in [-0.1, -0.05) is 50.2 Å². The molecule has 0 aliphatic rings. The van der Waals surface area contributed by atoms with Crippen LogP contribution in [0.5, 0.6) is 0 Å². The van der Waals surface area contributed by atoms with Crippen LogP contribution in [0.4, 0.5) is 26.3 Å². The number of nitrogens with zero attached hydrogens (tertiary/aromatic N) is 1. The molecule has 0 aromatic heterocycles. The van der Waals surface area contributed by atoms with E-state index >= 15 is 0 Å². The zero-order chi connectivity index (χ0) is 29.5. The van der Waals surface area contributed by atoms with Crippen molar-refractivity contribution < 1.29 is 35.9 Å². The summed E-state index contributed by atoms with van der Waals surface area (Å²) < 4.78 is 83.4. The van der Waals surface area contributed by atoms with Crippen molar-refractivity contribution in [2.24, 2.45) is 5.92 Å². The fraction of sp³-hybridized carbons (Fsp3) is 0.387. The van der Waals surface area contributed by atoms with E-state index in [9.17, 15) is 31.1 Å². The third-order valence-corrected chi connectivity index (χ3v) is 6.37. The Labute approximate surface area is 230 Å². The summed E-state index contributed by atoms with van der Waals surface area (Å²) in [6, 6.07) is 15.4. The highest BCUT2D eigenvalue weighted by molar-refractivity contribution is 5.74. The van der Waals surface area contributed by atoms with Gasteiger partial charge in [0.1, 0.15) is 0 Å². The lowest BCUT2D eigenvalue weighted by molar-refractivity contribution is -0.142. The molecule has 0 N–H and O–H groups in total. The van der Waals surface area contributed by atoms with Crippen LogP contribution in [0.15, 0.2) is 66.7 Å². The van der Waals surface area contributed by atoms with E-state index in [0.29, 0.717) is 42.2 Å². The molecule has 0 saturated carbocycles. The number of carbonyl (C=O) groups is 1. The molecule has 216 valence electrons. The molecule has 40 heavy (non-hydrogen) atoms. The monoisotopic (exact) mass is 565 g/mol. The molecule has 0 saturated heterocycles.